The molecule has 0 spiro atoms. The van der Waals surface area contributed by atoms with E-state index in [2.05, 4.69) is 29.0 Å². The van der Waals surface area contributed by atoms with Gasteiger partial charge in [-0.3, -0.25) is 4.79 Å². The Kier molecular flexibility index (Phi) is 4.82. The minimum Gasteiger partial charge on any atom is -0.469 e. The summed E-state index contributed by atoms with van der Waals surface area (Å²) in [5, 5.41) is 12.1. The summed E-state index contributed by atoms with van der Waals surface area (Å²) in [6.45, 7) is 0. The largest absolute Gasteiger partial charge is 0.469 e. The van der Waals surface area contributed by atoms with Crippen LogP contribution in [-0.4, -0.2) is 30.0 Å². The zero-order chi connectivity index (χ0) is 13.7. The Hall–Kier alpha value is -1.52. The van der Waals surface area contributed by atoms with Crippen molar-refractivity contribution < 1.29 is 14.6 Å². The molecular weight excluding hydrogens is 260 g/mol. The molecule has 0 fully saturated rings. The minimum atomic E-state index is -0.677. The minimum absolute atomic E-state index is 0.0388. The molecule has 4 heteroatoms. The number of methoxy groups -OCH3 is 1. The van der Waals surface area contributed by atoms with Gasteiger partial charge < -0.3 is 9.84 Å². The van der Waals surface area contributed by atoms with Gasteiger partial charge in [0.05, 0.1) is 19.6 Å². The van der Waals surface area contributed by atoms with E-state index in [9.17, 15) is 9.90 Å². The van der Waals surface area contributed by atoms with Gasteiger partial charge in [-0.05, 0) is 22.9 Å². The second kappa shape index (κ2) is 6.59. The van der Waals surface area contributed by atoms with Gasteiger partial charge in [-0.15, -0.1) is 11.8 Å². The Balaban J connectivity index is 1.96. The highest BCUT2D eigenvalue weighted by molar-refractivity contribution is 7.99. The zero-order valence-corrected chi connectivity index (χ0v) is 11.5. The Morgan fingerprint density at radius 2 is 2.00 bits per heavy atom. The lowest BCUT2D eigenvalue weighted by atomic mass is 10.1. The Morgan fingerprint density at radius 1 is 1.26 bits per heavy atom. The van der Waals surface area contributed by atoms with Crippen molar-refractivity contribution in [1.82, 2.24) is 0 Å². The van der Waals surface area contributed by atoms with Crippen LogP contribution in [0, 0.1) is 0 Å². The summed E-state index contributed by atoms with van der Waals surface area (Å²) in [6.07, 6.45) is -0.638. The van der Waals surface area contributed by atoms with Crippen LogP contribution in [0.2, 0.25) is 0 Å². The molecule has 0 saturated heterocycles. The van der Waals surface area contributed by atoms with E-state index in [-0.39, 0.29) is 12.4 Å². The van der Waals surface area contributed by atoms with Crippen molar-refractivity contribution in [2.75, 3.05) is 12.9 Å². The summed E-state index contributed by atoms with van der Waals surface area (Å²) >= 11 is 1.54. The van der Waals surface area contributed by atoms with Crippen LogP contribution >= 0.6 is 11.8 Å². The van der Waals surface area contributed by atoms with Gasteiger partial charge >= 0.3 is 5.97 Å². The summed E-state index contributed by atoms with van der Waals surface area (Å²) in [5.41, 5.74) is 0. The lowest BCUT2D eigenvalue weighted by molar-refractivity contribution is -0.142. The molecule has 19 heavy (non-hydrogen) atoms. The number of hydrogen-bond donors (Lipinski definition) is 1. The average Bonchev–Trinajstić information content (AvgIpc) is 2.44. The summed E-state index contributed by atoms with van der Waals surface area (Å²) in [6, 6.07) is 14.3. The van der Waals surface area contributed by atoms with Crippen LogP contribution in [0.5, 0.6) is 0 Å². The molecule has 0 saturated carbocycles. The molecule has 0 unspecified atom stereocenters. The number of thioether (sulfide) groups is 1. The Bertz CT molecular complexity index is 568. The van der Waals surface area contributed by atoms with Gasteiger partial charge in [-0.1, -0.05) is 30.3 Å². The van der Waals surface area contributed by atoms with Gasteiger partial charge in [0.1, 0.15) is 0 Å². The highest BCUT2D eigenvalue weighted by Crippen LogP contribution is 2.24. The van der Waals surface area contributed by atoms with Crippen LogP contribution in [0.25, 0.3) is 10.8 Å². The molecule has 2 aromatic carbocycles. The first kappa shape index (κ1) is 13.9. The number of esters is 1. The number of hydrogen-bond acceptors (Lipinski definition) is 4. The number of ether oxygens (including phenoxy) is 1. The Labute approximate surface area is 116 Å². The van der Waals surface area contributed by atoms with Gasteiger partial charge in [0.25, 0.3) is 0 Å². The molecule has 2 rings (SSSR count). The van der Waals surface area contributed by atoms with Crippen molar-refractivity contribution in [2.24, 2.45) is 0 Å². The fourth-order valence-electron chi connectivity index (χ4n) is 1.78. The Morgan fingerprint density at radius 3 is 2.74 bits per heavy atom. The van der Waals surface area contributed by atoms with Crippen molar-refractivity contribution in [3.63, 3.8) is 0 Å². The molecule has 0 bridgehead atoms. The normalized spacial score (nSPS) is 12.3. The van der Waals surface area contributed by atoms with Crippen LogP contribution in [0.1, 0.15) is 6.42 Å². The molecule has 2 aromatic rings. The number of benzene rings is 2. The van der Waals surface area contributed by atoms with Crippen molar-refractivity contribution in [3.05, 3.63) is 42.5 Å². The monoisotopic (exact) mass is 276 g/mol. The first-order chi connectivity index (χ1) is 9.19. The van der Waals surface area contributed by atoms with E-state index in [0.717, 1.165) is 4.90 Å². The molecule has 0 amide bonds. The van der Waals surface area contributed by atoms with E-state index in [4.69, 9.17) is 0 Å². The lowest BCUT2D eigenvalue weighted by Gasteiger charge is -2.09. The van der Waals surface area contributed by atoms with Crippen molar-refractivity contribution >= 4 is 28.5 Å². The molecule has 0 aliphatic heterocycles. The van der Waals surface area contributed by atoms with Crippen molar-refractivity contribution in [2.45, 2.75) is 17.4 Å². The number of aliphatic hydroxyl groups excluding tert-OH is 1. The van der Waals surface area contributed by atoms with Crippen LogP contribution < -0.4 is 0 Å². The number of aliphatic hydroxyl groups is 1. The third kappa shape index (κ3) is 3.98. The summed E-state index contributed by atoms with van der Waals surface area (Å²) < 4.78 is 4.52. The van der Waals surface area contributed by atoms with Gasteiger partial charge in [0, 0.05) is 10.6 Å². The molecule has 0 aliphatic carbocycles. The smallest absolute Gasteiger partial charge is 0.308 e. The summed E-state index contributed by atoms with van der Waals surface area (Å²) in [7, 11) is 1.32. The molecule has 0 aliphatic rings. The number of rotatable bonds is 5. The van der Waals surface area contributed by atoms with Crippen LogP contribution in [-0.2, 0) is 9.53 Å². The van der Waals surface area contributed by atoms with Gasteiger partial charge in [-0.25, -0.2) is 0 Å². The first-order valence-electron chi connectivity index (χ1n) is 6.05. The maximum absolute atomic E-state index is 11.0. The molecule has 1 N–H and O–H groups in total. The standard InChI is InChI=1S/C15H16O3S/c1-18-15(17)9-13(16)10-19-14-7-6-11-4-2-3-5-12(11)8-14/h2-8,13,16H,9-10H2,1H3/t13-/m0/s1. The maximum atomic E-state index is 11.0. The zero-order valence-electron chi connectivity index (χ0n) is 10.7. The van der Waals surface area contributed by atoms with E-state index in [1.807, 2.05) is 18.2 Å². The maximum Gasteiger partial charge on any atom is 0.308 e. The van der Waals surface area contributed by atoms with E-state index >= 15 is 0 Å². The molecule has 0 radical (unpaired) electrons. The quantitative estimate of drug-likeness (QED) is 0.674. The fraction of sp³-hybridized carbons (Fsp3) is 0.267. The summed E-state index contributed by atoms with van der Waals surface area (Å²) in [5.74, 6) is 0.0968. The third-order valence-corrected chi connectivity index (χ3v) is 3.93. The van der Waals surface area contributed by atoms with E-state index in [0.29, 0.717) is 5.75 Å². The van der Waals surface area contributed by atoms with Crippen molar-refractivity contribution in [1.29, 1.82) is 0 Å². The topological polar surface area (TPSA) is 46.5 Å². The fourth-order valence-corrected chi connectivity index (χ4v) is 2.66. The number of carbonyl (C=O) groups is 1. The highest BCUT2D eigenvalue weighted by Gasteiger charge is 2.11. The number of carbonyl (C=O) groups excluding carboxylic acids is 1. The van der Waals surface area contributed by atoms with Crippen LogP contribution in [0.3, 0.4) is 0 Å². The highest BCUT2D eigenvalue weighted by atomic mass is 32.2. The van der Waals surface area contributed by atoms with Gasteiger partial charge in [0.15, 0.2) is 0 Å². The second-order valence-electron chi connectivity index (χ2n) is 4.25. The van der Waals surface area contributed by atoms with Gasteiger partial charge in [-0.2, -0.15) is 0 Å². The average molecular weight is 276 g/mol. The third-order valence-electron chi connectivity index (χ3n) is 2.79. The summed E-state index contributed by atoms with van der Waals surface area (Å²) in [4.78, 5) is 12.1. The molecular formula is C15H16O3S. The molecule has 100 valence electrons. The lowest BCUT2D eigenvalue weighted by Crippen LogP contribution is -2.16. The van der Waals surface area contributed by atoms with Gasteiger partial charge in [0.2, 0.25) is 0 Å². The number of fused-ring (bicyclic) bond motifs is 1. The molecule has 1 atom stereocenters. The van der Waals surface area contributed by atoms with Crippen LogP contribution in [0.15, 0.2) is 47.4 Å². The molecule has 0 aromatic heterocycles. The molecule has 0 heterocycles. The second-order valence-corrected chi connectivity index (χ2v) is 5.35. The van der Waals surface area contributed by atoms with Crippen LogP contribution in [0.4, 0.5) is 0 Å². The molecule has 3 nitrogen and oxygen atoms in total. The SMILES string of the molecule is COC(=O)C[C@H](O)CSc1ccc2ccccc2c1. The van der Waals surface area contributed by atoms with E-state index in [1.165, 1.54) is 29.6 Å². The predicted molar refractivity (Wildman–Crippen MR) is 77.3 cm³/mol. The first-order valence-corrected chi connectivity index (χ1v) is 7.04. The van der Waals surface area contributed by atoms with E-state index < -0.39 is 6.10 Å². The van der Waals surface area contributed by atoms with Crippen molar-refractivity contribution in [3.8, 4) is 0 Å². The predicted octanol–water partition coefficient (Wildman–Crippen LogP) is 2.86. The van der Waals surface area contributed by atoms with E-state index in [1.54, 1.807) is 0 Å².